The van der Waals surface area contributed by atoms with Gasteiger partial charge in [-0.1, -0.05) is 61.9 Å². The molecule has 5 unspecified atom stereocenters. The van der Waals surface area contributed by atoms with Crippen molar-refractivity contribution in [1.82, 2.24) is 61.7 Å². The van der Waals surface area contributed by atoms with Gasteiger partial charge in [0.2, 0.25) is 57.5 Å². The fourth-order valence-corrected chi connectivity index (χ4v) is 18.7. The molecule has 12 atom stereocenters. The van der Waals surface area contributed by atoms with Crippen LogP contribution in [-0.4, -0.2) is 298 Å². The number of thioether (sulfide) groups is 3. The lowest BCUT2D eigenvalue weighted by Crippen LogP contribution is -2.63. The zero-order valence-electron chi connectivity index (χ0n) is 58.2. The van der Waals surface area contributed by atoms with Crippen molar-refractivity contribution in [2.75, 3.05) is 120 Å². The minimum absolute atomic E-state index is 0.0431. The summed E-state index contributed by atoms with van der Waals surface area (Å²) in [6.07, 6.45) is -5.81. The molecule has 0 aliphatic carbocycles. The number of urea groups is 1. The Morgan fingerprint density at radius 2 is 1.23 bits per heavy atom. The number of carboxylic acid groups (broad SMARTS) is 2. The first kappa shape index (κ1) is 86.7. The van der Waals surface area contributed by atoms with Crippen LogP contribution < -0.4 is 37.2 Å². The molecule has 4 aliphatic heterocycles. The molecule has 6 rings (SSSR count). The molecule has 8 amide bonds. The lowest BCUT2D eigenvalue weighted by Gasteiger charge is -2.34. The fraction of sp³-hybridized carbons (Fsp3) is 0.672. The summed E-state index contributed by atoms with van der Waals surface area (Å²) in [5.41, 5.74) is 2.88. The van der Waals surface area contributed by atoms with Gasteiger partial charge < -0.3 is 87.0 Å². The number of nitrogens with zero attached hydrogens (tertiary/aromatic N) is 5. The first-order valence-electron chi connectivity index (χ1n) is 34.5. The van der Waals surface area contributed by atoms with Crippen molar-refractivity contribution in [3.05, 3.63) is 70.8 Å². The standard InChI is InChI=1S/C64H103N12O21P3S3/c1-3-4-17-66-64(91)70-50-36-102-34-46-29-45(33-101-28-18-65-54(80)16-27-98(92,93)38-72-21-23-73(39-99(94,95)41-77)25-26-74(24-22-72)40-100(96,97)42-78)30-47(31-46)35-103-37-51(63(89)90)69-58(84)49(32-44-10-6-5-7-11-44)68-57(83)48(14-15-55(81)82)67-60(86)56(43(2)79)71-59(85)52-12-8-19-75(52)62(88)53-13-9-20-76(53)61(50)87/h5-7,10-11,29-31,43,48-53,56,60,67,77-79,86H,3-4,8-9,12-28,32-42H2,1-2H3,(H,65,80)(H,68,83)(H,69,84)(H,71,85)(H,81,82)(H,89,90)(H,92,93)(H,94,95)(H,96,97)(H2,66,70,91)/t43-,48+,49+,50+,51?,52+,53+,56+,60?/m1/s1. The van der Waals surface area contributed by atoms with Gasteiger partial charge in [0.1, 0.15) is 49.1 Å². The van der Waals surface area contributed by atoms with Crippen LogP contribution in [0.15, 0.2) is 48.5 Å². The number of aliphatic hydroxyl groups excluding tert-OH is 4. The summed E-state index contributed by atoms with van der Waals surface area (Å²) in [4.78, 5) is 163. The number of hydrogen-bond acceptors (Lipinski definition) is 23. The van der Waals surface area contributed by atoms with Gasteiger partial charge in [0.05, 0.1) is 37.0 Å². The molecule has 4 aliphatic rings. The molecule has 16 N–H and O–H groups in total. The highest BCUT2D eigenvalue weighted by atomic mass is 32.2. The molecule has 2 aromatic carbocycles. The second-order valence-corrected chi connectivity index (χ2v) is 36.5. The molecule has 103 heavy (non-hydrogen) atoms. The van der Waals surface area contributed by atoms with E-state index in [1.165, 1.54) is 52.0 Å². The Morgan fingerprint density at radius 1 is 0.670 bits per heavy atom. The zero-order chi connectivity index (χ0) is 75.4. The Bertz CT molecular complexity index is 3290. The van der Waals surface area contributed by atoms with Crippen molar-refractivity contribution < 1.29 is 102 Å². The fourth-order valence-electron chi connectivity index (χ4n) is 12.3. The molecule has 3 saturated heterocycles. The number of aliphatic hydroxyl groups is 4. The Kier molecular flexibility index (Phi) is 36.1. The summed E-state index contributed by atoms with van der Waals surface area (Å²) in [7, 11) is -12.0. The van der Waals surface area contributed by atoms with Gasteiger partial charge in [-0.2, -0.15) is 35.3 Å². The Balaban J connectivity index is 1.22. The van der Waals surface area contributed by atoms with Crippen LogP contribution in [0.25, 0.3) is 0 Å². The average molecular weight is 1570 g/mol. The van der Waals surface area contributed by atoms with Gasteiger partial charge >= 0.3 is 18.0 Å². The van der Waals surface area contributed by atoms with Crippen LogP contribution in [0.2, 0.25) is 0 Å². The first-order chi connectivity index (χ1) is 48.9. The Labute approximate surface area is 612 Å². The van der Waals surface area contributed by atoms with Gasteiger partial charge in [-0.05, 0) is 67.7 Å². The van der Waals surface area contributed by atoms with Crippen LogP contribution in [-0.2, 0) is 75.7 Å². The monoisotopic (exact) mass is 1560 g/mol. The van der Waals surface area contributed by atoms with Crippen LogP contribution >= 0.6 is 57.4 Å². The number of carbonyl (C=O) groups is 9. The molecule has 2 aromatic rings. The molecule has 0 spiro atoms. The normalized spacial score (nSPS) is 25.4. The second-order valence-electron chi connectivity index (χ2n) is 26.4. The molecule has 578 valence electrons. The summed E-state index contributed by atoms with van der Waals surface area (Å²) in [5, 5.41) is 80.8. The number of carboxylic acids is 2. The van der Waals surface area contributed by atoms with Gasteiger partial charge in [0.15, 0.2) is 0 Å². The van der Waals surface area contributed by atoms with Crippen molar-refractivity contribution in [2.45, 2.75) is 150 Å². The summed E-state index contributed by atoms with van der Waals surface area (Å²) in [6.45, 7) is 4.96. The average Bonchev–Trinajstić information content (AvgIpc) is 1.70. The summed E-state index contributed by atoms with van der Waals surface area (Å²) >= 11 is 3.96. The number of nitrogens with one attached hydrogen (secondary N) is 7. The van der Waals surface area contributed by atoms with Crippen molar-refractivity contribution in [3.8, 4) is 0 Å². The maximum atomic E-state index is 14.8. The molecular weight excluding hydrogens is 1460 g/mol. The van der Waals surface area contributed by atoms with E-state index in [-0.39, 0.29) is 133 Å². The number of carbonyl (C=O) groups excluding carboxylic acids is 7. The van der Waals surface area contributed by atoms with E-state index in [1.807, 2.05) is 25.1 Å². The minimum Gasteiger partial charge on any atom is -0.481 e. The first-order valence-corrected chi connectivity index (χ1v) is 44.0. The van der Waals surface area contributed by atoms with E-state index in [0.29, 0.717) is 42.9 Å². The maximum Gasteiger partial charge on any atom is 0.327 e. The second kappa shape index (κ2) is 42.9. The van der Waals surface area contributed by atoms with Gasteiger partial charge in [0, 0.05) is 125 Å². The Morgan fingerprint density at radius 3 is 1.80 bits per heavy atom. The van der Waals surface area contributed by atoms with E-state index in [0.717, 1.165) is 23.1 Å². The molecule has 33 nitrogen and oxygen atoms in total. The molecule has 2 bridgehead atoms. The van der Waals surface area contributed by atoms with Gasteiger partial charge in [-0.15, -0.1) is 0 Å². The van der Waals surface area contributed by atoms with Crippen molar-refractivity contribution in [1.29, 1.82) is 0 Å². The predicted molar refractivity (Wildman–Crippen MR) is 390 cm³/mol. The van der Waals surface area contributed by atoms with Gasteiger partial charge in [-0.25, -0.2) is 9.59 Å². The van der Waals surface area contributed by atoms with Crippen molar-refractivity contribution in [3.63, 3.8) is 0 Å². The lowest BCUT2D eigenvalue weighted by molar-refractivity contribution is -0.147. The summed E-state index contributed by atoms with van der Waals surface area (Å²) in [5.74, 6) is -5.79. The van der Waals surface area contributed by atoms with E-state index in [2.05, 4.69) is 37.2 Å². The summed E-state index contributed by atoms with van der Waals surface area (Å²) < 4.78 is 38.6. The smallest absolute Gasteiger partial charge is 0.327 e. The highest BCUT2D eigenvalue weighted by molar-refractivity contribution is 7.99. The third kappa shape index (κ3) is 29.8. The van der Waals surface area contributed by atoms with Crippen LogP contribution in [0.3, 0.4) is 0 Å². The lowest BCUT2D eigenvalue weighted by atomic mass is 10.0. The third-order valence-electron chi connectivity index (χ3n) is 17.8. The van der Waals surface area contributed by atoms with E-state index in [1.54, 1.807) is 45.0 Å². The van der Waals surface area contributed by atoms with Crippen molar-refractivity contribution in [2.24, 2.45) is 0 Å². The van der Waals surface area contributed by atoms with E-state index < -0.39 is 156 Å². The molecule has 39 heteroatoms. The Hall–Kier alpha value is -5.23. The highest BCUT2D eigenvalue weighted by Crippen LogP contribution is 2.43. The number of fused-ring (bicyclic) bond motifs is 4. The summed E-state index contributed by atoms with van der Waals surface area (Å²) in [6, 6.07) is 4.16. The molecule has 3 fully saturated rings. The predicted octanol–water partition coefficient (Wildman–Crippen LogP) is 0.163. The number of rotatable bonds is 27. The number of benzene rings is 2. The molecule has 4 heterocycles. The zero-order valence-corrected chi connectivity index (χ0v) is 63.3. The largest absolute Gasteiger partial charge is 0.481 e. The number of unbranched alkanes of at least 4 members (excludes halogenated alkanes) is 1. The van der Waals surface area contributed by atoms with Crippen LogP contribution in [0.5, 0.6) is 0 Å². The van der Waals surface area contributed by atoms with Crippen LogP contribution in [0.4, 0.5) is 4.79 Å². The van der Waals surface area contributed by atoms with E-state index in [4.69, 9.17) is 0 Å². The number of amides is 8. The quantitative estimate of drug-likeness (QED) is 0.0418. The highest BCUT2D eigenvalue weighted by Gasteiger charge is 2.45. The minimum atomic E-state index is -4.02. The van der Waals surface area contributed by atoms with E-state index in [9.17, 15) is 102 Å². The third-order valence-corrected chi connectivity index (χ3v) is 25.3. The molecular formula is C64H103N12O21P3S3. The van der Waals surface area contributed by atoms with Crippen molar-refractivity contribution >= 4 is 111 Å². The molecule has 0 radical (unpaired) electrons. The van der Waals surface area contributed by atoms with Gasteiger partial charge in [0.25, 0.3) is 0 Å². The van der Waals surface area contributed by atoms with E-state index >= 15 is 0 Å². The maximum absolute atomic E-state index is 14.8. The topological polar surface area (TPSA) is 487 Å². The van der Waals surface area contributed by atoms with Gasteiger partial charge in [-0.3, -0.25) is 67.3 Å². The molecule has 0 saturated carbocycles. The number of hydrogen-bond donors (Lipinski definition) is 16. The van der Waals surface area contributed by atoms with Crippen LogP contribution in [0, 0.1) is 0 Å². The SMILES string of the molecule is CCCCNC(=O)N[C@H]1CSCc2cc(CSCCNC(=O)CCP(=O)(O)CN3CCN(CP(=O)(O)CO)CCN(CP(=O)(O)CO)CC3)cc(c2)CSCC(C(=O)O)NC(=O)[C@H](Cc2ccccc2)NC(=O)[C@H](CCC(=O)O)NC(O)[C@H]([C@@H](C)O)NC(=O)[C@@H]2CCCN2C(=O)[C@@H]2CCCN2C1=O. The number of aliphatic carboxylic acids is 2. The van der Waals surface area contributed by atoms with Crippen LogP contribution in [0.1, 0.15) is 93.9 Å². The molecule has 0 aromatic heterocycles.